The zero-order chi connectivity index (χ0) is 23.4. The summed E-state index contributed by atoms with van der Waals surface area (Å²) >= 11 is 1.52. The van der Waals surface area contributed by atoms with Gasteiger partial charge in [-0.25, -0.2) is 13.2 Å². The molecular formula is C24H22N2O5S2. The predicted octanol–water partition coefficient (Wildman–Crippen LogP) is 3.96. The molecule has 0 spiro atoms. The number of rotatable bonds is 7. The van der Waals surface area contributed by atoms with E-state index in [2.05, 4.69) is 5.32 Å². The van der Waals surface area contributed by atoms with Crippen LogP contribution in [0.5, 0.6) is 0 Å². The number of benzene rings is 3. The number of ether oxygens (including phenoxy) is 1. The number of carbonyl (C=O) groups excluding carboxylic acids is 2. The highest BCUT2D eigenvalue weighted by Gasteiger charge is 2.27. The molecule has 0 aromatic heterocycles. The monoisotopic (exact) mass is 482 g/mol. The highest BCUT2D eigenvalue weighted by Crippen LogP contribution is 2.33. The summed E-state index contributed by atoms with van der Waals surface area (Å²) in [6, 6.07) is 21.9. The quantitative estimate of drug-likeness (QED) is 0.513. The molecule has 0 saturated carbocycles. The van der Waals surface area contributed by atoms with Gasteiger partial charge in [-0.1, -0.05) is 42.1 Å². The van der Waals surface area contributed by atoms with Crippen molar-refractivity contribution < 1.29 is 22.7 Å². The zero-order valence-electron chi connectivity index (χ0n) is 17.9. The number of amides is 1. The molecule has 9 heteroatoms. The largest absolute Gasteiger partial charge is 0.452 e. The number of hydrogen-bond donors (Lipinski definition) is 1. The van der Waals surface area contributed by atoms with Crippen molar-refractivity contribution in [2.45, 2.75) is 16.2 Å². The molecule has 3 aromatic carbocycles. The van der Waals surface area contributed by atoms with Crippen LogP contribution in [0.2, 0.25) is 0 Å². The summed E-state index contributed by atoms with van der Waals surface area (Å²) in [5.41, 5.74) is 2.23. The maximum absolute atomic E-state index is 12.4. The Hall–Kier alpha value is -3.30. The van der Waals surface area contributed by atoms with E-state index in [4.69, 9.17) is 4.74 Å². The average Bonchev–Trinajstić information content (AvgIpc) is 3.23. The van der Waals surface area contributed by atoms with Crippen molar-refractivity contribution in [2.24, 2.45) is 0 Å². The fourth-order valence-electron chi connectivity index (χ4n) is 3.52. The smallest absolute Gasteiger partial charge is 0.338 e. The van der Waals surface area contributed by atoms with E-state index >= 15 is 0 Å². The molecule has 0 atom stereocenters. The fraction of sp³-hybridized carbons (Fsp3) is 0.167. The van der Waals surface area contributed by atoms with E-state index in [1.807, 2.05) is 48.5 Å². The Morgan fingerprint density at radius 1 is 1.03 bits per heavy atom. The van der Waals surface area contributed by atoms with Crippen LogP contribution >= 0.6 is 11.8 Å². The van der Waals surface area contributed by atoms with E-state index in [1.54, 1.807) is 18.2 Å². The van der Waals surface area contributed by atoms with Gasteiger partial charge in [-0.15, -0.1) is 0 Å². The molecule has 1 heterocycles. The second kappa shape index (κ2) is 9.68. The maximum Gasteiger partial charge on any atom is 0.338 e. The Morgan fingerprint density at radius 2 is 1.76 bits per heavy atom. The highest BCUT2D eigenvalue weighted by molar-refractivity contribution is 7.99. The Labute approximate surface area is 196 Å². The van der Waals surface area contributed by atoms with Crippen LogP contribution in [0.15, 0.2) is 82.6 Å². The molecule has 3 aromatic rings. The molecule has 0 radical (unpaired) electrons. The SMILES string of the molecule is CS(=O)(=O)N1CCc2cc(C(=O)OCC(=O)Nc3ccccc3Sc3ccccc3)ccc21. The molecular weight excluding hydrogens is 460 g/mol. The van der Waals surface area contributed by atoms with Crippen molar-refractivity contribution in [1.29, 1.82) is 0 Å². The third kappa shape index (κ3) is 5.55. The summed E-state index contributed by atoms with van der Waals surface area (Å²) in [5.74, 6) is -1.09. The number of fused-ring (bicyclic) bond motifs is 1. The summed E-state index contributed by atoms with van der Waals surface area (Å²) in [6.07, 6.45) is 1.67. The van der Waals surface area contributed by atoms with Crippen molar-refractivity contribution >= 4 is 45.0 Å². The molecule has 0 fully saturated rings. The second-order valence-corrected chi connectivity index (χ2v) is 10.5. The van der Waals surface area contributed by atoms with Crippen LogP contribution in [0.1, 0.15) is 15.9 Å². The number of carbonyl (C=O) groups is 2. The molecule has 0 saturated heterocycles. The van der Waals surface area contributed by atoms with Crippen LogP contribution < -0.4 is 9.62 Å². The molecule has 0 aliphatic carbocycles. The molecule has 170 valence electrons. The lowest BCUT2D eigenvalue weighted by atomic mass is 10.1. The van der Waals surface area contributed by atoms with Crippen molar-refractivity contribution in [3.8, 4) is 0 Å². The van der Waals surface area contributed by atoms with E-state index in [-0.39, 0.29) is 5.56 Å². The van der Waals surface area contributed by atoms with Gasteiger partial charge in [0.1, 0.15) is 0 Å². The van der Waals surface area contributed by atoms with Crippen molar-refractivity contribution in [3.05, 3.63) is 83.9 Å². The number of nitrogens with one attached hydrogen (secondary N) is 1. The number of sulfonamides is 1. The fourth-order valence-corrected chi connectivity index (χ4v) is 5.40. The van der Waals surface area contributed by atoms with Gasteiger partial charge in [0.15, 0.2) is 6.61 Å². The van der Waals surface area contributed by atoms with Gasteiger partial charge in [0.05, 0.1) is 23.2 Å². The van der Waals surface area contributed by atoms with Crippen LogP contribution in [-0.2, 0) is 26.0 Å². The van der Waals surface area contributed by atoms with Crippen LogP contribution in [-0.4, -0.2) is 39.7 Å². The third-order valence-electron chi connectivity index (χ3n) is 5.03. The first-order valence-electron chi connectivity index (χ1n) is 10.2. The standard InChI is InChI=1S/C24H22N2O5S2/c1-33(29,30)26-14-13-17-15-18(11-12-21(17)26)24(28)31-16-23(27)25-20-9-5-6-10-22(20)32-19-7-3-2-4-8-19/h2-12,15H,13-14,16H2,1H3,(H,25,27). The van der Waals surface area contributed by atoms with Gasteiger partial charge in [0, 0.05) is 16.3 Å². The molecule has 1 aliphatic rings. The van der Waals surface area contributed by atoms with Gasteiger partial charge < -0.3 is 10.1 Å². The van der Waals surface area contributed by atoms with Crippen LogP contribution in [0.4, 0.5) is 11.4 Å². The van der Waals surface area contributed by atoms with E-state index in [1.165, 1.54) is 22.1 Å². The highest BCUT2D eigenvalue weighted by atomic mass is 32.2. The van der Waals surface area contributed by atoms with Gasteiger partial charge in [-0.2, -0.15) is 0 Å². The van der Waals surface area contributed by atoms with Gasteiger partial charge in [0.2, 0.25) is 10.0 Å². The minimum absolute atomic E-state index is 0.275. The molecule has 33 heavy (non-hydrogen) atoms. The normalized spacial score (nSPS) is 12.8. The molecule has 1 amide bonds. The van der Waals surface area contributed by atoms with Gasteiger partial charge >= 0.3 is 5.97 Å². The second-order valence-electron chi connectivity index (χ2n) is 7.46. The van der Waals surface area contributed by atoms with Gasteiger partial charge in [0.25, 0.3) is 5.91 Å². The van der Waals surface area contributed by atoms with Crippen LogP contribution in [0.25, 0.3) is 0 Å². The Balaban J connectivity index is 1.37. The van der Waals surface area contributed by atoms with Crippen molar-refractivity contribution in [3.63, 3.8) is 0 Å². The van der Waals surface area contributed by atoms with E-state index in [0.717, 1.165) is 21.6 Å². The molecule has 0 bridgehead atoms. The Morgan fingerprint density at radius 3 is 2.52 bits per heavy atom. The number of esters is 1. The van der Waals surface area contributed by atoms with E-state index in [9.17, 15) is 18.0 Å². The Bertz CT molecular complexity index is 1290. The first-order chi connectivity index (χ1) is 15.8. The number of hydrogen-bond acceptors (Lipinski definition) is 6. The first kappa shape index (κ1) is 22.9. The average molecular weight is 483 g/mol. The minimum Gasteiger partial charge on any atom is -0.452 e. The zero-order valence-corrected chi connectivity index (χ0v) is 19.5. The topological polar surface area (TPSA) is 92.8 Å². The molecule has 7 nitrogen and oxygen atoms in total. The molecule has 1 aliphatic heterocycles. The lowest BCUT2D eigenvalue weighted by Crippen LogP contribution is -2.27. The van der Waals surface area contributed by atoms with Gasteiger partial charge in [-0.05, 0) is 54.4 Å². The minimum atomic E-state index is -3.36. The molecule has 4 rings (SSSR count). The van der Waals surface area contributed by atoms with Crippen molar-refractivity contribution in [2.75, 3.05) is 29.0 Å². The van der Waals surface area contributed by atoms with Crippen LogP contribution in [0.3, 0.4) is 0 Å². The molecule has 1 N–H and O–H groups in total. The maximum atomic E-state index is 12.4. The molecule has 0 unspecified atom stereocenters. The van der Waals surface area contributed by atoms with E-state index in [0.29, 0.717) is 24.3 Å². The van der Waals surface area contributed by atoms with Crippen molar-refractivity contribution in [1.82, 2.24) is 0 Å². The summed E-state index contributed by atoms with van der Waals surface area (Å²) in [4.78, 5) is 26.8. The predicted molar refractivity (Wildman–Crippen MR) is 128 cm³/mol. The summed E-state index contributed by atoms with van der Waals surface area (Å²) in [6.45, 7) is -0.0921. The van der Waals surface area contributed by atoms with Crippen LogP contribution in [0, 0.1) is 0 Å². The Kier molecular flexibility index (Phi) is 6.71. The first-order valence-corrected chi connectivity index (χ1v) is 12.9. The summed E-state index contributed by atoms with van der Waals surface area (Å²) < 4.78 is 30.2. The van der Waals surface area contributed by atoms with E-state index < -0.39 is 28.5 Å². The lowest BCUT2D eigenvalue weighted by Gasteiger charge is -2.16. The van der Waals surface area contributed by atoms with Gasteiger partial charge in [-0.3, -0.25) is 9.10 Å². The number of nitrogens with zero attached hydrogens (tertiary/aromatic N) is 1. The lowest BCUT2D eigenvalue weighted by molar-refractivity contribution is -0.119. The third-order valence-corrected chi connectivity index (χ3v) is 7.30. The number of anilines is 2. The number of para-hydroxylation sites is 1. The summed E-state index contributed by atoms with van der Waals surface area (Å²) in [7, 11) is -3.36. The summed E-state index contributed by atoms with van der Waals surface area (Å²) in [5, 5.41) is 2.79.